The van der Waals surface area contributed by atoms with Gasteiger partial charge in [-0.2, -0.15) is 13.2 Å². The second-order valence-electron chi connectivity index (χ2n) is 3.16. The summed E-state index contributed by atoms with van der Waals surface area (Å²) in [4.78, 5) is 0. The minimum Gasteiger partial charge on any atom is -0.491 e. The SMILES string of the molecule is C=C/C(=C\C(=C/C)C(F)(F)F)OC(C)C. The van der Waals surface area contributed by atoms with Crippen molar-refractivity contribution < 1.29 is 17.9 Å². The molecule has 0 fully saturated rings. The number of hydrogen-bond donors (Lipinski definition) is 0. The maximum atomic E-state index is 12.4. The summed E-state index contributed by atoms with van der Waals surface area (Å²) >= 11 is 0. The van der Waals surface area contributed by atoms with Gasteiger partial charge in [0.15, 0.2) is 0 Å². The van der Waals surface area contributed by atoms with Crippen LogP contribution in [0.25, 0.3) is 0 Å². The Balaban J connectivity index is 4.89. The van der Waals surface area contributed by atoms with Crippen LogP contribution in [-0.2, 0) is 4.74 Å². The molecule has 0 spiro atoms. The van der Waals surface area contributed by atoms with Crippen molar-refractivity contribution >= 4 is 0 Å². The van der Waals surface area contributed by atoms with Crippen molar-refractivity contribution in [2.45, 2.75) is 33.1 Å². The first-order valence-corrected chi connectivity index (χ1v) is 4.55. The zero-order valence-electron chi connectivity index (χ0n) is 9.06. The molecule has 0 atom stereocenters. The average molecular weight is 220 g/mol. The van der Waals surface area contributed by atoms with Gasteiger partial charge in [-0.1, -0.05) is 12.7 Å². The quantitative estimate of drug-likeness (QED) is 0.514. The molecule has 4 heteroatoms. The standard InChI is InChI=1S/C11H15F3O/c1-5-9(11(12,13)14)7-10(6-2)15-8(3)4/h5-8H,2H2,1,3-4H3/b9-5+,10-7+. The number of halogens is 3. The first-order chi connectivity index (χ1) is 6.81. The van der Waals surface area contributed by atoms with Gasteiger partial charge in [-0.15, -0.1) is 0 Å². The van der Waals surface area contributed by atoms with Gasteiger partial charge >= 0.3 is 6.18 Å². The van der Waals surface area contributed by atoms with Crippen molar-refractivity contribution in [3.8, 4) is 0 Å². The smallest absolute Gasteiger partial charge is 0.416 e. The fourth-order valence-electron chi connectivity index (χ4n) is 0.895. The van der Waals surface area contributed by atoms with Gasteiger partial charge in [-0.3, -0.25) is 0 Å². The molecule has 0 heterocycles. The molecule has 0 aromatic heterocycles. The van der Waals surface area contributed by atoms with E-state index in [0.29, 0.717) is 0 Å². The second-order valence-corrected chi connectivity index (χ2v) is 3.16. The predicted octanol–water partition coefficient (Wildman–Crippen LogP) is 3.99. The van der Waals surface area contributed by atoms with Crippen molar-refractivity contribution in [1.82, 2.24) is 0 Å². The van der Waals surface area contributed by atoms with Crippen LogP contribution in [0.1, 0.15) is 20.8 Å². The summed E-state index contributed by atoms with van der Waals surface area (Å²) < 4.78 is 42.2. The topological polar surface area (TPSA) is 9.23 Å². The third-order valence-electron chi connectivity index (χ3n) is 1.51. The van der Waals surface area contributed by atoms with Crippen molar-refractivity contribution in [2.75, 3.05) is 0 Å². The zero-order valence-corrected chi connectivity index (χ0v) is 9.06. The zero-order chi connectivity index (χ0) is 12.1. The Kier molecular flexibility index (Phi) is 5.19. The Morgan fingerprint density at radius 3 is 2.13 bits per heavy atom. The largest absolute Gasteiger partial charge is 0.491 e. The molecule has 0 unspecified atom stereocenters. The molecule has 86 valence electrons. The summed E-state index contributed by atoms with van der Waals surface area (Å²) in [6.07, 6.45) is -1.35. The van der Waals surface area contributed by atoms with E-state index in [1.807, 2.05) is 0 Å². The van der Waals surface area contributed by atoms with E-state index in [0.717, 1.165) is 12.2 Å². The molecule has 0 radical (unpaired) electrons. The van der Waals surface area contributed by atoms with Crippen LogP contribution in [-0.4, -0.2) is 12.3 Å². The maximum absolute atomic E-state index is 12.4. The van der Waals surface area contributed by atoms with Gasteiger partial charge in [0, 0.05) is 0 Å². The third-order valence-corrected chi connectivity index (χ3v) is 1.51. The van der Waals surface area contributed by atoms with Gasteiger partial charge in [0.05, 0.1) is 11.7 Å². The Morgan fingerprint density at radius 1 is 1.33 bits per heavy atom. The molecule has 0 N–H and O–H groups in total. The molecular formula is C11H15F3O. The number of rotatable bonds is 4. The van der Waals surface area contributed by atoms with Crippen LogP contribution in [0.2, 0.25) is 0 Å². The van der Waals surface area contributed by atoms with Crippen LogP contribution in [0.5, 0.6) is 0 Å². The third kappa shape index (κ3) is 5.30. The molecule has 15 heavy (non-hydrogen) atoms. The van der Waals surface area contributed by atoms with E-state index in [1.54, 1.807) is 13.8 Å². The molecule has 0 aromatic carbocycles. The summed E-state index contributed by atoms with van der Waals surface area (Å²) in [6, 6.07) is 0. The first kappa shape index (κ1) is 13.8. The van der Waals surface area contributed by atoms with E-state index in [9.17, 15) is 13.2 Å². The van der Waals surface area contributed by atoms with Crippen LogP contribution in [0.3, 0.4) is 0 Å². The lowest BCUT2D eigenvalue weighted by Gasteiger charge is -2.12. The minimum atomic E-state index is -4.36. The number of ether oxygens (including phenoxy) is 1. The van der Waals surface area contributed by atoms with E-state index in [2.05, 4.69) is 6.58 Å². The second kappa shape index (κ2) is 5.63. The first-order valence-electron chi connectivity index (χ1n) is 4.55. The highest BCUT2D eigenvalue weighted by atomic mass is 19.4. The summed E-state index contributed by atoms with van der Waals surface area (Å²) in [5, 5.41) is 0. The van der Waals surface area contributed by atoms with E-state index in [-0.39, 0.29) is 11.9 Å². The Labute approximate surface area is 87.9 Å². The van der Waals surface area contributed by atoms with E-state index in [1.165, 1.54) is 13.0 Å². The average Bonchev–Trinajstić information content (AvgIpc) is 2.09. The lowest BCUT2D eigenvalue weighted by molar-refractivity contribution is -0.0886. The molecule has 0 aliphatic heterocycles. The lowest BCUT2D eigenvalue weighted by atomic mass is 10.2. The summed E-state index contributed by atoms with van der Waals surface area (Å²) in [7, 11) is 0. The lowest BCUT2D eigenvalue weighted by Crippen LogP contribution is -2.11. The van der Waals surface area contributed by atoms with Gasteiger partial charge in [-0.25, -0.2) is 0 Å². The van der Waals surface area contributed by atoms with Gasteiger partial charge in [0.25, 0.3) is 0 Å². The molecule has 0 saturated carbocycles. The number of hydrogen-bond acceptors (Lipinski definition) is 1. The fraction of sp³-hybridized carbons (Fsp3) is 0.455. The van der Waals surface area contributed by atoms with Gasteiger partial charge < -0.3 is 4.74 Å². The summed E-state index contributed by atoms with van der Waals surface area (Å²) in [6.45, 7) is 8.20. The van der Waals surface area contributed by atoms with Crippen molar-refractivity contribution in [2.24, 2.45) is 0 Å². The van der Waals surface area contributed by atoms with E-state index in [4.69, 9.17) is 4.74 Å². The Hall–Kier alpha value is -1.19. The number of alkyl halides is 3. The van der Waals surface area contributed by atoms with Crippen LogP contribution >= 0.6 is 0 Å². The molecular weight excluding hydrogens is 205 g/mol. The van der Waals surface area contributed by atoms with Crippen LogP contribution in [0.4, 0.5) is 13.2 Å². The monoisotopic (exact) mass is 220 g/mol. The molecule has 0 rings (SSSR count). The highest BCUT2D eigenvalue weighted by Crippen LogP contribution is 2.27. The molecule has 0 amide bonds. The fourth-order valence-corrected chi connectivity index (χ4v) is 0.895. The van der Waals surface area contributed by atoms with Crippen molar-refractivity contribution in [1.29, 1.82) is 0 Å². The summed E-state index contributed by atoms with van der Waals surface area (Å²) in [5.41, 5.74) is -0.738. The van der Waals surface area contributed by atoms with E-state index < -0.39 is 11.7 Å². The molecule has 0 bridgehead atoms. The maximum Gasteiger partial charge on any atom is 0.416 e. The highest BCUT2D eigenvalue weighted by molar-refractivity contribution is 5.29. The highest BCUT2D eigenvalue weighted by Gasteiger charge is 2.31. The predicted molar refractivity (Wildman–Crippen MR) is 54.3 cm³/mol. The summed E-state index contributed by atoms with van der Waals surface area (Å²) in [5.74, 6) is 0.121. The van der Waals surface area contributed by atoms with Crippen LogP contribution in [0.15, 0.2) is 36.1 Å². The molecule has 0 aliphatic rings. The molecule has 1 nitrogen and oxygen atoms in total. The Morgan fingerprint density at radius 2 is 1.87 bits per heavy atom. The van der Waals surface area contributed by atoms with E-state index >= 15 is 0 Å². The van der Waals surface area contributed by atoms with Gasteiger partial charge in [0.2, 0.25) is 0 Å². The normalized spacial score (nSPS) is 14.3. The molecule has 0 saturated heterocycles. The van der Waals surface area contributed by atoms with Crippen LogP contribution in [0, 0.1) is 0 Å². The van der Waals surface area contributed by atoms with Gasteiger partial charge in [-0.05, 0) is 32.9 Å². The Bertz CT molecular complexity index is 272. The van der Waals surface area contributed by atoms with Gasteiger partial charge in [0.1, 0.15) is 5.76 Å². The molecule has 0 aromatic rings. The number of allylic oxidation sites excluding steroid dienone is 4. The molecule has 0 aliphatic carbocycles. The van der Waals surface area contributed by atoms with Crippen LogP contribution < -0.4 is 0 Å². The van der Waals surface area contributed by atoms with Crippen molar-refractivity contribution in [3.63, 3.8) is 0 Å². The van der Waals surface area contributed by atoms with Crippen molar-refractivity contribution in [3.05, 3.63) is 36.1 Å². The minimum absolute atomic E-state index is 0.121.